The molecule has 0 spiro atoms. The molecule has 12 heteroatoms. The largest absolute Gasteiger partial charge is 0.506 e. The van der Waals surface area contributed by atoms with Crippen molar-refractivity contribution in [2.45, 2.75) is 20.0 Å². The van der Waals surface area contributed by atoms with Crippen molar-refractivity contribution in [1.29, 1.82) is 0 Å². The van der Waals surface area contributed by atoms with Crippen LogP contribution in [0.4, 0.5) is 24.5 Å². The lowest BCUT2D eigenvalue weighted by Crippen LogP contribution is -2.17. The van der Waals surface area contributed by atoms with Gasteiger partial charge in [-0.1, -0.05) is 36.1 Å². The van der Waals surface area contributed by atoms with Gasteiger partial charge in [-0.05, 0) is 79.1 Å². The van der Waals surface area contributed by atoms with Gasteiger partial charge in [-0.25, -0.2) is 0 Å². The number of aromatic hydroxyl groups is 2. The van der Waals surface area contributed by atoms with Gasteiger partial charge in [-0.15, -0.1) is 10.2 Å². The predicted octanol–water partition coefficient (Wildman–Crippen LogP) is 7.58. The van der Waals surface area contributed by atoms with E-state index in [4.69, 9.17) is 12.2 Å². The Morgan fingerprint density at radius 3 is 2.41 bits per heavy atom. The van der Waals surface area contributed by atoms with Gasteiger partial charge in [0.2, 0.25) is 5.88 Å². The van der Waals surface area contributed by atoms with Gasteiger partial charge in [0, 0.05) is 11.1 Å². The third-order valence-electron chi connectivity index (χ3n) is 6.19. The summed E-state index contributed by atoms with van der Waals surface area (Å²) in [6, 6.07) is 12.8. The van der Waals surface area contributed by atoms with Crippen molar-refractivity contribution in [2.75, 3.05) is 0 Å². The maximum Gasteiger partial charge on any atom is 0.416 e. The second-order valence-corrected chi connectivity index (χ2v) is 10.5. The normalized spacial score (nSPS) is 15.2. The lowest BCUT2D eigenvalue weighted by atomic mass is 10.1. The number of phenols is 1. The Morgan fingerprint density at radius 1 is 1.00 bits per heavy atom. The highest BCUT2D eigenvalue weighted by Gasteiger charge is 2.32. The highest BCUT2D eigenvalue weighted by molar-refractivity contribution is 8.26. The molecule has 1 aliphatic heterocycles. The van der Waals surface area contributed by atoms with Crippen LogP contribution in [0.25, 0.3) is 22.7 Å². The number of hydrogen-bond donors (Lipinski definition) is 3. The molecule has 0 bridgehead atoms. The van der Waals surface area contributed by atoms with Crippen LogP contribution < -0.4 is 5.32 Å². The summed E-state index contributed by atoms with van der Waals surface area (Å²) in [5.74, 6) is -0.995. The Hall–Kier alpha value is -4.16. The van der Waals surface area contributed by atoms with Gasteiger partial charge in [0.05, 0.1) is 16.0 Å². The van der Waals surface area contributed by atoms with Crippen LogP contribution in [-0.4, -0.2) is 25.0 Å². The maximum atomic E-state index is 13.5. The molecule has 0 atom stereocenters. The Balaban J connectivity index is 1.58. The number of amides is 1. The first-order chi connectivity index (χ1) is 18.4. The van der Waals surface area contributed by atoms with Gasteiger partial charge in [0.1, 0.15) is 15.8 Å². The number of thiocarbonyl (C=S) groups is 1. The molecule has 1 fully saturated rings. The van der Waals surface area contributed by atoms with Crippen molar-refractivity contribution in [1.82, 2.24) is 9.88 Å². The molecule has 5 rings (SSSR count). The number of fused-ring (bicyclic) bond motifs is 1. The Labute approximate surface area is 229 Å². The van der Waals surface area contributed by atoms with E-state index in [1.54, 1.807) is 30.3 Å². The number of alkyl halides is 3. The molecule has 39 heavy (non-hydrogen) atoms. The molecular formula is C27H19F3N4O3S2. The van der Waals surface area contributed by atoms with E-state index in [0.29, 0.717) is 20.5 Å². The molecule has 1 aliphatic rings. The van der Waals surface area contributed by atoms with E-state index in [1.807, 2.05) is 13.8 Å². The number of aromatic nitrogens is 1. The van der Waals surface area contributed by atoms with Crippen molar-refractivity contribution in [3.63, 3.8) is 0 Å². The molecule has 1 saturated heterocycles. The highest BCUT2D eigenvalue weighted by Crippen LogP contribution is 2.44. The lowest BCUT2D eigenvalue weighted by Gasteiger charge is -2.11. The van der Waals surface area contributed by atoms with Gasteiger partial charge in [0.25, 0.3) is 5.91 Å². The molecule has 1 aromatic heterocycles. The zero-order valence-corrected chi connectivity index (χ0v) is 22.0. The summed E-state index contributed by atoms with van der Waals surface area (Å²) in [4.78, 5) is 12.3. The number of azo groups is 1. The van der Waals surface area contributed by atoms with E-state index in [2.05, 4.69) is 15.5 Å². The molecule has 3 aromatic carbocycles. The zero-order chi connectivity index (χ0) is 28.1. The third kappa shape index (κ3) is 5.12. The number of halogens is 3. The topological polar surface area (TPSA) is 99.2 Å². The van der Waals surface area contributed by atoms with Crippen LogP contribution in [0.15, 0.2) is 69.7 Å². The molecule has 0 unspecified atom stereocenters. The molecule has 4 aromatic rings. The molecule has 2 heterocycles. The van der Waals surface area contributed by atoms with Gasteiger partial charge in [-0.2, -0.15) is 13.2 Å². The van der Waals surface area contributed by atoms with Crippen LogP contribution in [0.5, 0.6) is 11.6 Å². The number of benzene rings is 3. The first-order valence-electron chi connectivity index (χ1n) is 11.4. The molecule has 0 saturated carbocycles. The number of nitrogens with zero attached hydrogens (tertiary/aromatic N) is 3. The highest BCUT2D eigenvalue weighted by atomic mass is 32.2. The number of nitrogens with one attached hydrogen (secondary N) is 1. The number of phenolic OH excluding ortho intramolecular Hbond substituents is 1. The van der Waals surface area contributed by atoms with Gasteiger partial charge in [0.15, 0.2) is 5.69 Å². The van der Waals surface area contributed by atoms with Crippen LogP contribution in [0.1, 0.15) is 22.3 Å². The Morgan fingerprint density at radius 2 is 1.77 bits per heavy atom. The summed E-state index contributed by atoms with van der Waals surface area (Å²) < 4.78 is 42.2. The minimum atomic E-state index is -4.59. The fourth-order valence-corrected chi connectivity index (χ4v) is 5.09. The summed E-state index contributed by atoms with van der Waals surface area (Å²) in [7, 11) is 0. The van der Waals surface area contributed by atoms with Gasteiger partial charge >= 0.3 is 6.18 Å². The Kier molecular flexibility index (Phi) is 6.69. The predicted molar refractivity (Wildman–Crippen MR) is 148 cm³/mol. The van der Waals surface area contributed by atoms with Crippen LogP contribution >= 0.6 is 24.0 Å². The maximum absolute atomic E-state index is 13.5. The first-order valence-corrected chi connectivity index (χ1v) is 12.7. The minimum absolute atomic E-state index is 0.0505. The molecule has 198 valence electrons. The van der Waals surface area contributed by atoms with Crippen molar-refractivity contribution in [3.8, 4) is 17.3 Å². The average Bonchev–Trinajstić information content (AvgIpc) is 3.33. The molecule has 7 nitrogen and oxygen atoms in total. The average molecular weight is 569 g/mol. The van der Waals surface area contributed by atoms with Crippen LogP contribution in [0.2, 0.25) is 0 Å². The Bertz CT molecular complexity index is 1740. The van der Waals surface area contributed by atoms with E-state index >= 15 is 0 Å². The minimum Gasteiger partial charge on any atom is -0.506 e. The van der Waals surface area contributed by atoms with Crippen LogP contribution in [-0.2, 0) is 11.0 Å². The van der Waals surface area contributed by atoms with E-state index in [-0.39, 0.29) is 33.9 Å². The standard InChI is InChI=1S/C27H19F3N4O3S2/c1-13-3-6-17(9-14(13)2)34-20-12-16(27(28,29)30)5-7-18(20)23(25(34)37)33-32-19-8-4-15(10-21(19)35)11-22-24(36)31-26(38)39-22/h3-12,35,37H,1-2H3,(H,31,36,38). The summed E-state index contributed by atoms with van der Waals surface area (Å²) in [5, 5.41) is 32.5. The zero-order valence-electron chi connectivity index (χ0n) is 20.4. The summed E-state index contributed by atoms with van der Waals surface area (Å²) in [6.45, 7) is 3.76. The summed E-state index contributed by atoms with van der Waals surface area (Å²) >= 11 is 6.07. The molecule has 0 radical (unpaired) electrons. The fourth-order valence-electron chi connectivity index (χ4n) is 4.05. The molecule has 0 aliphatic carbocycles. The second-order valence-electron chi connectivity index (χ2n) is 8.81. The monoisotopic (exact) mass is 568 g/mol. The van der Waals surface area contributed by atoms with E-state index in [1.165, 1.54) is 22.8 Å². The number of thioether (sulfide) groups is 1. The van der Waals surface area contributed by atoms with Gasteiger partial charge < -0.3 is 15.5 Å². The van der Waals surface area contributed by atoms with E-state index < -0.39 is 17.6 Å². The summed E-state index contributed by atoms with van der Waals surface area (Å²) in [5.41, 5.74) is 2.05. The lowest BCUT2D eigenvalue weighted by molar-refractivity contribution is -0.137. The quantitative estimate of drug-likeness (QED) is 0.134. The second kappa shape index (κ2) is 9.86. The number of carbonyl (C=O) groups is 1. The van der Waals surface area contributed by atoms with Gasteiger partial charge in [-0.3, -0.25) is 9.36 Å². The number of carbonyl (C=O) groups excluding carboxylic acids is 1. The number of hydrogen-bond acceptors (Lipinski definition) is 7. The number of rotatable bonds is 4. The smallest absolute Gasteiger partial charge is 0.416 e. The summed E-state index contributed by atoms with van der Waals surface area (Å²) in [6.07, 6.45) is -3.03. The van der Waals surface area contributed by atoms with Crippen molar-refractivity contribution in [2.24, 2.45) is 10.2 Å². The van der Waals surface area contributed by atoms with E-state index in [0.717, 1.165) is 35.0 Å². The van der Waals surface area contributed by atoms with Crippen molar-refractivity contribution >= 4 is 62.6 Å². The van der Waals surface area contributed by atoms with Crippen molar-refractivity contribution < 1.29 is 28.2 Å². The fraction of sp³-hybridized carbons (Fsp3) is 0.111. The van der Waals surface area contributed by atoms with Crippen LogP contribution in [0, 0.1) is 13.8 Å². The molecule has 3 N–H and O–H groups in total. The first kappa shape index (κ1) is 26.4. The third-order valence-corrected chi connectivity index (χ3v) is 7.35. The van der Waals surface area contributed by atoms with E-state index in [9.17, 15) is 28.2 Å². The number of aryl methyl sites for hydroxylation is 2. The van der Waals surface area contributed by atoms with Crippen LogP contribution in [0.3, 0.4) is 0 Å². The SMILES string of the molecule is Cc1ccc(-n2c(O)c(N=Nc3ccc(C=C4SC(=S)NC4=O)cc3O)c3ccc(C(F)(F)F)cc32)cc1C. The molecule has 1 amide bonds. The molecular weight excluding hydrogens is 549 g/mol. The van der Waals surface area contributed by atoms with Crippen molar-refractivity contribution in [3.05, 3.63) is 81.8 Å².